The number of thiazole rings is 1. The summed E-state index contributed by atoms with van der Waals surface area (Å²) in [5.41, 5.74) is 1.02. The number of carbonyl (C=O) groups is 2. The van der Waals surface area contributed by atoms with Crippen LogP contribution in [0.25, 0.3) is 10.6 Å². The summed E-state index contributed by atoms with van der Waals surface area (Å²) >= 11 is 1.41. The van der Waals surface area contributed by atoms with Crippen molar-refractivity contribution in [2.45, 2.75) is 46.3 Å². The number of carbonyl (C=O) groups excluding carboxylic acids is 2. The molecule has 0 radical (unpaired) electrons. The summed E-state index contributed by atoms with van der Waals surface area (Å²) in [5.74, 6) is -0.250. The van der Waals surface area contributed by atoms with Crippen molar-refractivity contribution in [3.8, 4) is 10.6 Å². The number of anilines is 1. The number of aryl methyl sites for hydroxylation is 1. The van der Waals surface area contributed by atoms with E-state index in [1.165, 1.54) is 16.2 Å². The van der Waals surface area contributed by atoms with Crippen LogP contribution in [0, 0.1) is 6.92 Å². The summed E-state index contributed by atoms with van der Waals surface area (Å²) < 4.78 is 5.19. The number of alkyl carbamates (subject to hydrolysis) is 1. The number of rotatable bonds is 4. The van der Waals surface area contributed by atoms with Gasteiger partial charge in [-0.05, 0) is 46.8 Å². The van der Waals surface area contributed by atoms with Gasteiger partial charge in [0.1, 0.15) is 21.7 Å². The van der Waals surface area contributed by atoms with Gasteiger partial charge in [0.25, 0.3) is 0 Å². The van der Waals surface area contributed by atoms with Gasteiger partial charge in [-0.2, -0.15) is 0 Å². The highest BCUT2D eigenvalue weighted by molar-refractivity contribution is 7.19. The van der Waals surface area contributed by atoms with Crippen LogP contribution in [-0.2, 0) is 9.53 Å². The Morgan fingerprint density at radius 2 is 2.04 bits per heavy atom. The zero-order valence-electron chi connectivity index (χ0n) is 15.9. The standard InChI is InChI=1S/C18H24N4O3S/c1-11(21-17(24)25-18(3,4)5)15(23)22(6)16-12(2)20-14(26-16)13-8-7-9-19-10-13/h7-11H,1-6H3,(H,21,24)/t11-/m0/s1. The summed E-state index contributed by atoms with van der Waals surface area (Å²) in [5, 5.41) is 4.08. The van der Waals surface area contributed by atoms with Crippen LogP contribution < -0.4 is 10.2 Å². The SMILES string of the molecule is Cc1nc(-c2cccnc2)sc1N(C)C(=O)[C@H](C)NC(=O)OC(C)(C)C. The second-order valence-corrected chi connectivity index (χ2v) is 7.89. The molecule has 0 unspecified atom stereocenters. The molecule has 26 heavy (non-hydrogen) atoms. The van der Waals surface area contributed by atoms with Gasteiger partial charge in [0, 0.05) is 25.0 Å². The second kappa shape index (κ2) is 7.82. The fraction of sp³-hybridized carbons (Fsp3) is 0.444. The lowest BCUT2D eigenvalue weighted by Gasteiger charge is -2.24. The van der Waals surface area contributed by atoms with Crippen molar-refractivity contribution in [3.05, 3.63) is 30.2 Å². The molecule has 2 aromatic rings. The van der Waals surface area contributed by atoms with Gasteiger partial charge in [-0.1, -0.05) is 11.3 Å². The van der Waals surface area contributed by atoms with Crippen molar-refractivity contribution in [2.24, 2.45) is 0 Å². The van der Waals surface area contributed by atoms with E-state index in [9.17, 15) is 9.59 Å². The highest BCUT2D eigenvalue weighted by Crippen LogP contribution is 2.33. The molecule has 1 N–H and O–H groups in total. The van der Waals surface area contributed by atoms with Gasteiger partial charge in [-0.3, -0.25) is 9.78 Å². The van der Waals surface area contributed by atoms with Crippen LogP contribution in [0.3, 0.4) is 0 Å². The van der Waals surface area contributed by atoms with Crippen LogP contribution in [0.1, 0.15) is 33.4 Å². The summed E-state index contributed by atoms with van der Waals surface area (Å²) in [6.07, 6.45) is 2.81. The fourth-order valence-corrected chi connectivity index (χ4v) is 3.27. The summed E-state index contributed by atoms with van der Waals surface area (Å²) in [7, 11) is 1.67. The quantitative estimate of drug-likeness (QED) is 0.884. The van der Waals surface area contributed by atoms with E-state index in [1.807, 2.05) is 19.1 Å². The molecular formula is C18H24N4O3S. The van der Waals surface area contributed by atoms with Crippen molar-refractivity contribution < 1.29 is 14.3 Å². The molecule has 0 saturated carbocycles. The van der Waals surface area contributed by atoms with Crippen molar-refractivity contribution in [1.29, 1.82) is 0 Å². The third-order valence-corrected chi connectivity index (χ3v) is 4.70. The van der Waals surface area contributed by atoms with Gasteiger partial charge in [0.2, 0.25) is 5.91 Å². The number of hydrogen-bond acceptors (Lipinski definition) is 6. The Bertz CT molecular complexity index is 783. The molecule has 0 spiro atoms. The van der Waals surface area contributed by atoms with Crippen LogP contribution >= 0.6 is 11.3 Å². The lowest BCUT2D eigenvalue weighted by molar-refractivity contribution is -0.119. The first kappa shape index (κ1) is 19.8. The molecule has 2 amide bonds. The summed E-state index contributed by atoms with van der Waals surface area (Å²) in [6.45, 7) is 8.78. The third-order valence-electron chi connectivity index (χ3n) is 3.42. The predicted octanol–water partition coefficient (Wildman–Crippen LogP) is 3.39. The number of nitrogens with one attached hydrogen (secondary N) is 1. The van der Waals surface area contributed by atoms with E-state index in [0.717, 1.165) is 21.3 Å². The number of ether oxygens (including phenoxy) is 1. The number of amides is 2. The lowest BCUT2D eigenvalue weighted by atomic mass is 10.2. The Morgan fingerprint density at radius 1 is 1.35 bits per heavy atom. The number of nitrogens with zero attached hydrogens (tertiary/aromatic N) is 3. The Kier molecular flexibility index (Phi) is 5.97. The first-order valence-electron chi connectivity index (χ1n) is 8.23. The lowest BCUT2D eigenvalue weighted by Crippen LogP contribution is -2.47. The molecule has 0 fully saturated rings. The van der Waals surface area contributed by atoms with Gasteiger partial charge in [0.05, 0.1) is 5.69 Å². The molecule has 0 aliphatic heterocycles. The van der Waals surface area contributed by atoms with Crippen LogP contribution in [0.4, 0.5) is 9.80 Å². The highest BCUT2D eigenvalue weighted by Gasteiger charge is 2.26. The Morgan fingerprint density at radius 3 is 2.62 bits per heavy atom. The molecule has 1 atom stereocenters. The monoisotopic (exact) mass is 376 g/mol. The molecule has 8 heteroatoms. The second-order valence-electron chi connectivity index (χ2n) is 6.92. The molecule has 2 aromatic heterocycles. The molecule has 140 valence electrons. The van der Waals surface area contributed by atoms with E-state index < -0.39 is 17.7 Å². The average Bonchev–Trinajstić information content (AvgIpc) is 2.94. The summed E-state index contributed by atoms with van der Waals surface area (Å²) in [4.78, 5) is 34.7. The minimum atomic E-state index is -0.724. The smallest absolute Gasteiger partial charge is 0.408 e. The van der Waals surface area contributed by atoms with Crippen molar-refractivity contribution in [2.75, 3.05) is 11.9 Å². The average molecular weight is 376 g/mol. The van der Waals surface area contributed by atoms with Gasteiger partial charge < -0.3 is 15.0 Å². The van der Waals surface area contributed by atoms with Crippen molar-refractivity contribution in [3.63, 3.8) is 0 Å². The minimum absolute atomic E-state index is 0.250. The van der Waals surface area contributed by atoms with Gasteiger partial charge >= 0.3 is 6.09 Å². The largest absolute Gasteiger partial charge is 0.444 e. The Hall–Kier alpha value is -2.48. The van der Waals surface area contributed by atoms with Gasteiger partial charge in [0.15, 0.2) is 0 Å². The predicted molar refractivity (Wildman–Crippen MR) is 102 cm³/mol. The van der Waals surface area contributed by atoms with E-state index in [2.05, 4.69) is 15.3 Å². The van der Waals surface area contributed by atoms with E-state index >= 15 is 0 Å². The van der Waals surface area contributed by atoms with Gasteiger partial charge in [-0.25, -0.2) is 9.78 Å². The first-order chi connectivity index (χ1) is 12.1. The maximum absolute atomic E-state index is 12.7. The normalized spacial score (nSPS) is 12.4. The highest BCUT2D eigenvalue weighted by atomic mass is 32.1. The molecule has 0 saturated heterocycles. The molecule has 7 nitrogen and oxygen atoms in total. The Balaban J connectivity index is 2.10. The molecule has 0 aliphatic carbocycles. The number of hydrogen-bond donors (Lipinski definition) is 1. The van der Waals surface area contributed by atoms with Gasteiger partial charge in [-0.15, -0.1) is 0 Å². The third kappa shape index (κ3) is 5.01. The fourth-order valence-electron chi connectivity index (χ4n) is 2.25. The van der Waals surface area contributed by atoms with Crippen molar-refractivity contribution in [1.82, 2.24) is 15.3 Å². The zero-order chi connectivity index (χ0) is 19.5. The molecular weight excluding hydrogens is 352 g/mol. The van der Waals surface area contributed by atoms with E-state index in [1.54, 1.807) is 47.1 Å². The molecule has 0 aromatic carbocycles. The maximum Gasteiger partial charge on any atom is 0.408 e. The number of aromatic nitrogens is 2. The summed E-state index contributed by atoms with van der Waals surface area (Å²) in [6, 6.07) is 3.04. The number of likely N-dealkylation sites (N-methyl/N-ethyl adjacent to an activating group) is 1. The Labute approximate surface area is 157 Å². The molecule has 2 rings (SSSR count). The van der Waals surface area contributed by atoms with Crippen molar-refractivity contribution >= 4 is 28.3 Å². The van der Waals surface area contributed by atoms with Crippen LogP contribution in [0.15, 0.2) is 24.5 Å². The van der Waals surface area contributed by atoms with Crippen LogP contribution in [-0.4, -0.2) is 40.7 Å². The maximum atomic E-state index is 12.7. The minimum Gasteiger partial charge on any atom is -0.444 e. The molecule has 0 aliphatic rings. The van der Waals surface area contributed by atoms with E-state index in [-0.39, 0.29) is 5.91 Å². The number of pyridine rings is 1. The van der Waals surface area contributed by atoms with Crippen LogP contribution in [0.2, 0.25) is 0 Å². The van der Waals surface area contributed by atoms with E-state index in [4.69, 9.17) is 4.74 Å². The topological polar surface area (TPSA) is 84.4 Å². The zero-order valence-corrected chi connectivity index (χ0v) is 16.7. The molecule has 2 heterocycles. The van der Waals surface area contributed by atoms with Crippen LogP contribution in [0.5, 0.6) is 0 Å². The first-order valence-corrected chi connectivity index (χ1v) is 9.05. The van der Waals surface area contributed by atoms with E-state index in [0.29, 0.717) is 0 Å². The molecule has 0 bridgehead atoms.